The number of hydrogen-bond acceptors (Lipinski definition) is 2. The Morgan fingerprint density at radius 3 is 2.40 bits per heavy atom. The van der Waals surface area contributed by atoms with E-state index >= 15 is 0 Å². The lowest BCUT2D eigenvalue weighted by Crippen LogP contribution is -2.36. The summed E-state index contributed by atoms with van der Waals surface area (Å²) in [7, 11) is 3.31. The number of nitrogens with zero attached hydrogens (tertiary/aromatic N) is 2. The van der Waals surface area contributed by atoms with Gasteiger partial charge in [-0.3, -0.25) is 0 Å². The predicted molar refractivity (Wildman–Crippen MR) is 39.7 cm³/mol. The van der Waals surface area contributed by atoms with E-state index in [9.17, 15) is 5.21 Å². The minimum Gasteiger partial charge on any atom is -0.211 e. The second kappa shape index (κ2) is 2.36. The second-order valence-corrected chi connectivity index (χ2v) is 2.58. The molecule has 3 heteroatoms. The summed E-state index contributed by atoms with van der Waals surface area (Å²) in [6.45, 7) is 0. The first-order valence-corrected chi connectivity index (χ1v) is 3.09. The van der Waals surface area contributed by atoms with E-state index < -0.39 is 0 Å². The summed E-state index contributed by atoms with van der Waals surface area (Å²) in [5.74, 6) is 0.641. The summed E-state index contributed by atoms with van der Waals surface area (Å²) in [5, 5.41) is 9.36. The molecule has 1 N–H and O–H groups in total. The van der Waals surface area contributed by atoms with Crippen LogP contribution >= 0.6 is 0 Å². The Balaban J connectivity index is 2.97. The fourth-order valence-electron chi connectivity index (χ4n) is 0.677. The number of aromatic nitrogens is 1. The van der Waals surface area contributed by atoms with Gasteiger partial charge >= 0.3 is 0 Å². The molecule has 0 aliphatic carbocycles. The van der Waals surface area contributed by atoms with E-state index in [4.69, 9.17) is 0 Å². The van der Waals surface area contributed by atoms with Gasteiger partial charge in [0, 0.05) is 12.3 Å². The molecule has 0 radical (unpaired) electrons. The fraction of sp³-hybridized carbons (Fsp3) is 0.286. The standard InChI is InChI=1S/C7H11N2O/c1-9(2,10)7-5-3-4-6-8-7/h3-6,10H,1-2H3/q+1. The van der Waals surface area contributed by atoms with Crippen molar-refractivity contribution in [3.63, 3.8) is 0 Å². The Morgan fingerprint density at radius 2 is 2.10 bits per heavy atom. The van der Waals surface area contributed by atoms with Crippen LogP contribution in [-0.4, -0.2) is 24.3 Å². The molecule has 0 aliphatic heterocycles. The predicted octanol–water partition coefficient (Wildman–Crippen LogP) is 1.04. The first-order chi connectivity index (χ1) is 4.61. The summed E-state index contributed by atoms with van der Waals surface area (Å²) in [5.41, 5.74) is 0. The van der Waals surface area contributed by atoms with Crippen LogP contribution < -0.4 is 4.65 Å². The van der Waals surface area contributed by atoms with Crippen molar-refractivity contribution in [1.82, 2.24) is 9.63 Å². The van der Waals surface area contributed by atoms with Crippen LogP contribution in [0.25, 0.3) is 0 Å². The van der Waals surface area contributed by atoms with E-state index in [1.807, 2.05) is 12.1 Å². The highest BCUT2D eigenvalue weighted by Crippen LogP contribution is 2.09. The largest absolute Gasteiger partial charge is 0.259 e. The molecule has 1 rings (SSSR count). The average Bonchev–Trinajstić information content (AvgIpc) is 1.88. The van der Waals surface area contributed by atoms with Crippen LogP contribution in [0.2, 0.25) is 0 Å². The summed E-state index contributed by atoms with van der Waals surface area (Å²) in [4.78, 5) is 3.97. The first kappa shape index (κ1) is 7.18. The zero-order chi connectivity index (χ0) is 7.61. The highest BCUT2D eigenvalue weighted by molar-refractivity contribution is 5.28. The van der Waals surface area contributed by atoms with Crippen LogP contribution in [0.1, 0.15) is 0 Å². The molecule has 0 spiro atoms. The maximum Gasteiger partial charge on any atom is 0.259 e. The van der Waals surface area contributed by atoms with Crippen molar-refractivity contribution >= 4 is 5.82 Å². The van der Waals surface area contributed by atoms with Gasteiger partial charge in [0.1, 0.15) is 14.1 Å². The number of rotatable bonds is 1. The second-order valence-electron chi connectivity index (χ2n) is 2.58. The van der Waals surface area contributed by atoms with Crippen molar-refractivity contribution < 1.29 is 5.21 Å². The Morgan fingerprint density at radius 1 is 1.40 bits per heavy atom. The van der Waals surface area contributed by atoms with Gasteiger partial charge < -0.3 is 0 Å². The molecular formula is C7H11N2O+. The SMILES string of the molecule is C[N+](C)(O)c1ccccn1. The summed E-state index contributed by atoms with van der Waals surface area (Å²) < 4.78 is -0.221. The number of hydroxylamine groups is 2. The van der Waals surface area contributed by atoms with E-state index in [-0.39, 0.29) is 4.65 Å². The van der Waals surface area contributed by atoms with Gasteiger partial charge in [-0.05, 0) is 6.07 Å². The number of quaternary nitrogens is 1. The topological polar surface area (TPSA) is 33.1 Å². The van der Waals surface area contributed by atoms with Crippen LogP contribution in [0.3, 0.4) is 0 Å². The Hall–Kier alpha value is -0.930. The van der Waals surface area contributed by atoms with Gasteiger partial charge in [0.25, 0.3) is 5.82 Å². The average molecular weight is 139 g/mol. The highest BCUT2D eigenvalue weighted by atomic mass is 16.5. The van der Waals surface area contributed by atoms with E-state index in [2.05, 4.69) is 4.98 Å². The zero-order valence-corrected chi connectivity index (χ0v) is 6.15. The minimum atomic E-state index is -0.221. The molecule has 0 aromatic carbocycles. The van der Waals surface area contributed by atoms with Gasteiger partial charge in [0.2, 0.25) is 0 Å². The smallest absolute Gasteiger partial charge is 0.211 e. The molecule has 1 aromatic heterocycles. The van der Waals surface area contributed by atoms with Gasteiger partial charge in [0.05, 0.1) is 0 Å². The maximum atomic E-state index is 9.36. The van der Waals surface area contributed by atoms with Gasteiger partial charge in [-0.15, -0.1) is 4.65 Å². The lowest BCUT2D eigenvalue weighted by Gasteiger charge is -2.16. The molecule has 0 saturated heterocycles. The van der Waals surface area contributed by atoms with E-state index in [0.29, 0.717) is 5.82 Å². The van der Waals surface area contributed by atoms with Crippen LogP contribution in [-0.2, 0) is 0 Å². The molecule has 3 nitrogen and oxygen atoms in total. The van der Waals surface area contributed by atoms with Gasteiger partial charge in [-0.25, -0.2) is 10.2 Å². The highest BCUT2D eigenvalue weighted by Gasteiger charge is 2.15. The minimum absolute atomic E-state index is 0.221. The molecule has 0 bridgehead atoms. The Kier molecular flexibility index (Phi) is 1.70. The molecule has 0 unspecified atom stereocenters. The molecule has 10 heavy (non-hydrogen) atoms. The van der Waals surface area contributed by atoms with Crippen molar-refractivity contribution in [3.8, 4) is 0 Å². The van der Waals surface area contributed by atoms with E-state index in [0.717, 1.165) is 0 Å². The molecule has 1 aromatic rings. The van der Waals surface area contributed by atoms with Crippen LogP contribution in [0.15, 0.2) is 24.4 Å². The lowest BCUT2D eigenvalue weighted by molar-refractivity contribution is -0.0316. The third-order valence-electron chi connectivity index (χ3n) is 1.21. The van der Waals surface area contributed by atoms with E-state index in [1.54, 1.807) is 26.4 Å². The number of pyridine rings is 1. The molecule has 0 saturated carbocycles. The third kappa shape index (κ3) is 1.52. The molecule has 0 aliphatic rings. The quantitative estimate of drug-likeness (QED) is 0.465. The maximum absolute atomic E-state index is 9.36. The molecule has 0 atom stereocenters. The summed E-state index contributed by atoms with van der Waals surface area (Å²) >= 11 is 0. The normalized spacial score (nSPS) is 11.5. The molecular weight excluding hydrogens is 128 g/mol. The lowest BCUT2D eigenvalue weighted by atomic mass is 10.4. The Bertz CT molecular complexity index is 203. The molecule has 0 amide bonds. The van der Waals surface area contributed by atoms with Crippen molar-refractivity contribution in [2.24, 2.45) is 0 Å². The van der Waals surface area contributed by atoms with Gasteiger partial charge in [0.15, 0.2) is 0 Å². The van der Waals surface area contributed by atoms with Crippen LogP contribution in [0.5, 0.6) is 0 Å². The molecule has 54 valence electrons. The fourth-order valence-corrected chi connectivity index (χ4v) is 0.677. The van der Waals surface area contributed by atoms with Gasteiger partial charge in [-0.2, -0.15) is 0 Å². The summed E-state index contributed by atoms with van der Waals surface area (Å²) in [6, 6.07) is 5.44. The first-order valence-electron chi connectivity index (χ1n) is 3.09. The summed E-state index contributed by atoms with van der Waals surface area (Å²) in [6.07, 6.45) is 1.66. The molecule has 0 fully saturated rings. The zero-order valence-electron chi connectivity index (χ0n) is 6.15. The van der Waals surface area contributed by atoms with Crippen LogP contribution in [0, 0.1) is 0 Å². The van der Waals surface area contributed by atoms with Gasteiger partial charge in [-0.1, -0.05) is 6.07 Å². The van der Waals surface area contributed by atoms with Crippen molar-refractivity contribution in [3.05, 3.63) is 24.4 Å². The van der Waals surface area contributed by atoms with Crippen molar-refractivity contribution in [1.29, 1.82) is 0 Å². The van der Waals surface area contributed by atoms with E-state index in [1.165, 1.54) is 0 Å². The molecule has 1 heterocycles. The number of hydrogen-bond donors (Lipinski definition) is 1. The Labute approximate surface area is 60.1 Å². The van der Waals surface area contributed by atoms with Crippen molar-refractivity contribution in [2.75, 3.05) is 14.1 Å². The van der Waals surface area contributed by atoms with Crippen LogP contribution in [0.4, 0.5) is 5.82 Å². The third-order valence-corrected chi connectivity index (χ3v) is 1.21. The van der Waals surface area contributed by atoms with Crippen molar-refractivity contribution in [2.45, 2.75) is 0 Å². The monoisotopic (exact) mass is 139 g/mol.